The number of ether oxygens (including phenoxy) is 2. The summed E-state index contributed by atoms with van der Waals surface area (Å²) >= 11 is 3.49. The number of rotatable bonds is 6. The molecule has 0 N–H and O–H groups in total. The van der Waals surface area contributed by atoms with E-state index in [2.05, 4.69) is 36.8 Å². The van der Waals surface area contributed by atoms with E-state index >= 15 is 0 Å². The number of nitrogens with zero attached hydrogens (tertiary/aromatic N) is 3. The molecule has 1 unspecified atom stereocenters. The Bertz CT molecular complexity index is 475. The summed E-state index contributed by atoms with van der Waals surface area (Å²) in [6.07, 6.45) is 8.37. The van der Waals surface area contributed by atoms with Gasteiger partial charge in [0.05, 0.1) is 18.5 Å². The zero-order valence-corrected chi connectivity index (χ0v) is 15.2. The van der Waals surface area contributed by atoms with Gasteiger partial charge in [-0.3, -0.25) is 9.88 Å². The molecule has 0 aromatic carbocycles. The molecule has 1 aromatic heterocycles. The van der Waals surface area contributed by atoms with E-state index in [1.807, 2.05) is 12.4 Å². The van der Waals surface area contributed by atoms with Crippen molar-refractivity contribution in [3.63, 3.8) is 0 Å². The standard InChI is InChI=1S/C17H26BrN3O2/c18-15-12-16(14-19-13-15)21-8-6-20(7-9-21)5-3-11-23-17-4-1-2-10-22-17/h12-14,17H,1-11H2. The second kappa shape index (κ2) is 8.97. The zero-order chi connectivity index (χ0) is 15.9. The summed E-state index contributed by atoms with van der Waals surface area (Å²) < 4.78 is 12.4. The van der Waals surface area contributed by atoms with Gasteiger partial charge in [0, 0.05) is 50.0 Å². The normalized spacial score (nSPS) is 23.2. The number of hydrogen-bond acceptors (Lipinski definition) is 5. The summed E-state index contributed by atoms with van der Waals surface area (Å²) in [5, 5.41) is 0. The minimum Gasteiger partial charge on any atom is -0.368 e. The Labute approximate surface area is 147 Å². The highest BCUT2D eigenvalue weighted by Gasteiger charge is 2.18. The van der Waals surface area contributed by atoms with E-state index < -0.39 is 0 Å². The van der Waals surface area contributed by atoms with E-state index in [0.717, 1.165) is 63.3 Å². The number of hydrogen-bond donors (Lipinski definition) is 0. The van der Waals surface area contributed by atoms with E-state index in [1.165, 1.54) is 18.5 Å². The zero-order valence-electron chi connectivity index (χ0n) is 13.6. The van der Waals surface area contributed by atoms with Crippen LogP contribution in [0.2, 0.25) is 0 Å². The molecule has 2 saturated heterocycles. The summed E-state index contributed by atoms with van der Waals surface area (Å²) in [5.41, 5.74) is 1.21. The molecule has 0 aliphatic carbocycles. The molecule has 0 spiro atoms. The lowest BCUT2D eigenvalue weighted by molar-refractivity contribution is -0.163. The molecule has 2 aliphatic rings. The topological polar surface area (TPSA) is 37.8 Å². The van der Waals surface area contributed by atoms with E-state index in [-0.39, 0.29) is 6.29 Å². The maximum atomic E-state index is 5.80. The van der Waals surface area contributed by atoms with Crippen LogP contribution in [0.5, 0.6) is 0 Å². The molecule has 3 heterocycles. The minimum absolute atomic E-state index is 0.0459. The summed E-state index contributed by atoms with van der Waals surface area (Å²) in [6.45, 7) is 7.10. The Kier molecular flexibility index (Phi) is 6.68. The Hall–Kier alpha value is -0.690. The smallest absolute Gasteiger partial charge is 0.157 e. The number of aromatic nitrogens is 1. The van der Waals surface area contributed by atoms with Gasteiger partial charge in [-0.15, -0.1) is 0 Å². The van der Waals surface area contributed by atoms with Crippen molar-refractivity contribution in [1.29, 1.82) is 0 Å². The van der Waals surface area contributed by atoms with Crippen LogP contribution in [0.1, 0.15) is 25.7 Å². The van der Waals surface area contributed by atoms with Gasteiger partial charge in [0.15, 0.2) is 6.29 Å². The van der Waals surface area contributed by atoms with Gasteiger partial charge in [0.1, 0.15) is 0 Å². The van der Waals surface area contributed by atoms with Crippen molar-refractivity contribution in [3.05, 3.63) is 22.9 Å². The summed E-state index contributed by atoms with van der Waals surface area (Å²) in [7, 11) is 0. The van der Waals surface area contributed by atoms with Crippen molar-refractivity contribution in [2.45, 2.75) is 32.0 Å². The van der Waals surface area contributed by atoms with Crippen LogP contribution in [-0.2, 0) is 9.47 Å². The quantitative estimate of drug-likeness (QED) is 0.706. The molecule has 5 nitrogen and oxygen atoms in total. The summed E-state index contributed by atoms with van der Waals surface area (Å²) in [4.78, 5) is 9.18. The first-order valence-electron chi connectivity index (χ1n) is 8.62. The predicted octanol–water partition coefficient (Wildman–Crippen LogP) is 2.90. The van der Waals surface area contributed by atoms with Gasteiger partial charge in [0.25, 0.3) is 0 Å². The van der Waals surface area contributed by atoms with Crippen molar-refractivity contribution in [1.82, 2.24) is 9.88 Å². The highest BCUT2D eigenvalue weighted by Crippen LogP contribution is 2.20. The lowest BCUT2D eigenvalue weighted by atomic mass is 10.2. The van der Waals surface area contributed by atoms with Gasteiger partial charge in [-0.05, 0) is 47.7 Å². The third kappa shape index (κ3) is 5.41. The van der Waals surface area contributed by atoms with E-state index in [0.29, 0.717) is 0 Å². The Morgan fingerprint density at radius 2 is 2.09 bits per heavy atom. The van der Waals surface area contributed by atoms with E-state index in [4.69, 9.17) is 9.47 Å². The second-order valence-corrected chi connectivity index (χ2v) is 7.13. The first kappa shape index (κ1) is 17.1. The lowest BCUT2D eigenvalue weighted by Gasteiger charge is -2.36. The van der Waals surface area contributed by atoms with Gasteiger partial charge < -0.3 is 14.4 Å². The summed E-state index contributed by atoms with van der Waals surface area (Å²) in [5.74, 6) is 0. The van der Waals surface area contributed by atoms with Crippen LogP contribution in [0.15, 0.2) is 22.9 Å². The average molecular weight is 384 g/mol. The molecule has 3 rings (SSSR count). The molecule has 0 saturated carbocycles. The minimum atomic E-state index is 0.0459. The second-order valence-electron chi connectivity index (χ2n) is 6.21. The maximum Gasteiger partial charge on any atom is 0.157 e. The third-order valence-corrected chi connectivity index (χ3v) is 4.92. The van der Waals surface area contributed by atoms with Crippen LogP contribution < -0.4 is 4.90 Å². The fourth-order valence-corrected chi connectivity index (χ4v) is 3.50. The molecular weight excluding hydrogens is 358 g/mol. The first-order valence-corrected chi connectivity index (χ1v) is 9.41. The van der Waals surface area contributed by atoms with Crippen LogP contribution in [-0.4, -0.2) is 62.1 Å². The van der Waals surface area contributed by atoms with Crippen molar-refractivity contribution in [2.75, 3.05) is 50.8 Å². The van der Waals surface area contributed by atoms with Crippen LogP contribution >= 0.6 is 15.9 Å². The van der Waals surface area contributed by atoms with Crippen molar-refractivity contribution < 1.29 is 9.47 Å². The fourth-order valence-electron chi connectivity index (χ4n) is 3.15. The molecule has 1 atom stereocenters. The van der Waals surface area contributed by atoms with Gasteiger partial charge in [-0.1, -0.05) is 0 Å². The highest BCUT2D eigenvalue weighted by atomic mass is 79.9. The number of pyridine rings is 1. The van der Waals surface area contributed by atoms with E-state index in [9.17, 15) is 0 Å². The first-order chi connectivity index (χ1) is 11.3. The van der Waals surface area contributed by atoms with Crippen molar-refractivity contribution in [2.24, 2.45) is 0 Å². The molecule has 2 fully saturated rings. The van der Waals surface area contributed by atoms with Crippen molar-refractivity contribution in [3.8, 4) is 0 Å². The Morgan fingerprint density at radius 1 is 1.22 bits per heavy atom. The van der Waals surface area contributed by atoms with Crippen LogP contribution in [0.25, 0.3) is 0 Å². The molecule has 1 aromatic rings. The summed E-state index contributed by atoms with van der Waals surface area (Å²) in [6, 6.07) is 2.14. The largest absolute Gasteiger partial charge is 0.368 e. The Balaban J connectivity index is 1.31. The molecule has 128 valence electrons. The maximum absolute atomic E-state index is 5.80. The van der Waals surface area contributed by atoms with Gasteiger partial charge in [-0.2, -0.15) is 0 Å². The molecular formula is C17H26BrN3O2. The van der Waals surface area contributed by atoms with E-state index in [1.54, 1.807) is 0 Å². The molecule has 6 heteroatoms. The predicted molar refractivity (Wildman–Crippen MR) is 94.8 cm³/mol. The molecule has 0 radical (unpaired) electrons. The van der Waals surface area contributed by atoms with Crippen LogP contribution in [0.3, 0.4) is 0 Å². The fraction of sp³-hybridized carbons (Fsp3) is 0.706. The van der Waals surface area contributed by atoms with Crippen molar-refractivity contribution >= 4 is 21.6 Å². The number of piperazine rings is 1. The highest BCUT2D eigenvalue weighted by molar-refractivity contribution is 9.10. The van der Waals surface area contributed by atoms with Crippen LogP contribution in [0.4, 0.5) is 5.69 Å². The third-order valence-electron chi connectivity index (χ3n) is 4.49. The van der Waals surface area contributed by atoms with Gasteiger partial charge in [0.2, 0.25) is 0 Å². The monoisotopic (exact) mass is 383 g/mol. The molecule has 23 heavy (non-hydrogen) atoms. The Morgan fingerprint density at radius 3 is 2.83 bits per heavy atom. The SMILES string of the molecule is Brc1cncc(N2CCN(CCCOC3CCCCO3)CC2)c1. The average Bonchev–Trinajstić information content (AvgIpc) is 2.60. The molecule has 0 amide bonds. The van der Waals surface area contributed by atoms with Gasteiger partial charge >= 0.3 is 0 Å². The molecule has 2 aliphatic heterocycles. The van der Waals surface area contributed by atoms with Crippen LogP contribution in [0, 0.1) is 0 Å². The lowest BCUT2D eigenvalue weighted by Crippen LogP contribution is -2.46. The number of halogens is 1. The number of anilines is 1. The molecule has 0 bridgehead atoms. The van der Waals surface area contributed by atoms with Gasteiger partial charge in [-0.25, -0.2) is 0 Å².